The molecule has 154 valence electrons. The molecule has 12 heteroatoms. The molecule has 1 amide bonds. The van der Waals surface area contributed by atoms with E-state index in [0.29, 0.717) is 10.1 Å². The highest BCUT2D eigenvalue weighted by molar-refractivity contribution is 9.10. The summed E-state index contributed by atoms with van der Waals surface area (Å²) in [7, 11) is 0. The number of hydrogen-bond donors (Lipinski definition) is 1. The van der Waals surface area contributed by atoms with Gasteiger partial charge < -0.3 is 10.1 Å². The molecule has 0 saturated carbocycles. The van der Waals surface area contributed by atoms with Crippen molar-refractivity contribution in [3.8, 4) is 5.75 Å². The lowest BCUT2D eigenvalue weighted by Gasteiger charge is -2.12. The Kier molecular flexibility index (Phi) is 5.48. The van der Waals surface area contributed by atoms with Gasteiger partial charge in [0.25, 0.3) is 5.91 Å². The van der Waals surface area contributed by atoms with Crippen LogP contribution in [-0.4, -0.2) is 27.1 Å². The Labute approximate surface area is 168 Å². The molecule has 0 spiro atoms. The van der Waals surface area contributed by atoms with Crippen LogP contribution in [0.4, 0.5) is 27.6 Å². The van der Waals surface area contributed by atoms with Crippen molar-refractivity contribution < 1.29 is 31.5 Å². The third-order valence-electron chi connectivity index (χ3n) is 3.77. The van der Waals surface area contributed by atoms with Gasteiger partial charge in [0.2, 0.25) is 0 Å². The molecule has 2 heterocycles. The van der Waals surface area contributed by atoms with Crippen molar-refractivity contribution in [2.75, 3.05) is 5.32 Å². The van der Waals surface area contributed by atoms with Gasteiger partial charge in [0.05, 0.1) is 10.2 Å². The molecule has 0 unspecified atom stereocenters. The first-order chi connectivity index (χ1) is 13.5. The van der Waals surface area contributed by atoms with Gasteiger partial charge >= 0.3 is 12.8 Å². The number of carbonyl (C=O) groups is 1. The number of carbonyl (C=O) groups excluding carboxylic acids is 1. The Hall–Kier alpha value is -2.76. The van der Waals surface area contributed by atoms with Crippen LogP contribution in [0.5, 0.6) is 5.75 Å². The average Bonchev–Trinajstić information content (AvgIpc) is 2.92. The molecule has 1 N–H and O–H groups in total. The zero-order valence-electron chi connectivity index (χ0n) is 14.8. The van der Waals surface area contributed by atoms with Crippen LogP contribution in [0.25, 0.3) is 5.65 Å². The third-order valence-corrected chi connectivity index (χ3v) is 4.50. The number of anilines is 1. The number of amides is 1. The lowest BCUT2D eigenvalue weighted by atomic mass is 10.2. The summed E-state index contributed by atoms with van der Waals surface area (Å²) in [5.74, 6) is -1.23. The van der Waals surface area contributed by atoms with E-state index in [9.17, 15) is 26.7 Å². The fourth-order valence-corrected chi connectivity index (χ4v) is 3.10. The van der Waals surface area contributed by atoms with Gasteiger partial charge in [-0.15, -0.1) is 0 Å². The maximum absolute atomic E-state index is 13.3. The monoisotopic (exact) mass is 478 g/mol. The Bertz CT molecular complexity index is 1100. The molecule has 0 aliphatic carbocycles. The van der Waals surface area contributed by atoms with E-state index in [1.807, 2.05) is 0 Å². The standard InChI is InChI=1S/C17H12BrF5N4O2/c1-7-3-4-10(29-16(19)20)9(5-7)25-15(28)13-12(18)14-24-8(2)6-11(17(21,22)23)27(14)26-13/h3-6,16H,1-2H3,(H,25,28). The number of nitrogens with zero attached hydrogens (tertiary/aromatic N) is 3. The smallest absolute Gasteiger partial charge is 0.433 e. The van der Waals surface area contributed by atoms with E-state index in [1.165, 1.54) is 25.1 Å². The Morgan fingerprint density at radius 2 is 1.93 bits per heavy atom. The molecular formula is C17H12BrF5N4O2. The molecule has 0 fully saturated rings. The highest BCUT2D eigenvalue weighted by atomic mass is 79.9. The molecule has 0 radical (unpaired) electrons. The third kappa shape index (κ3) is 4.31. The molecule has 3 aromatic rings. The van der Waals surface area contributed by atoms with Crippen LogP contribution in [0.3, 0.4) is 0 Å². The number of fused-ring (bicyclic) bond motifs is 1. The molecule has 0 aliphatic heterocycles. The SMILES string of the molecule is Cc1ccc(OC(F)F)c(NC(=O)c2nn3c(C(F)(F)F)cc(C)nc3c2Br)c1. The molecule has 1 aromatic carbocycles. The summed E-state index contributed by atoms with van der Waals surface area (Å²) in [4.78, 5) is 16.6. The van der Waals surface area contributed by atoms with Gasteiger partial charge in [0, 0.05) is 5.69 Å². The van der Waals surface area contributed by atoms with Crippen LogP contribution >= 0.6 is 15.9 Å². The Balaban J connectivity index is 2.05. The van der Waals surface area contributed by atoms with Gasteiger partial charge in [0.1, 0.15) is 11.4 Å². The number of benzene rings is 1. The number of ether oxygens (including phenoxy) is 1. The van der Waals surface area contributed by atoms with Gasteiger partial charge in [-0.2, -0.15) is 27.1 Å². The summed E-state index contributed by atoms with van der Waals surface area (Å²) >= 11 is 3.05. The van der Waals surface area contributed by atoms with Gasteiger partial charge in [-0.25, -0.2) is 9.50 Å². The second-order valence-corrected chi connectivity index (χ2v) is 6.80. The fraction of sp³-hybridized carbons (Fsp3) is 0.235. The first-order valence-corrected chi connectivity index (χ1v) is 8.76. The largest absolute Gasteiger partial charge is 0.433 e. The number of hydrogen-bond acceptors (Lipinski definition) is 4. The second-order valence-electron chi connectivity index (χ2n) is 6.01. The Morgan fingerprint density at radius 1 is 1.24 bits per heavy atom. The van der Waals surface area contributed by atoms with Gasteiger partial charge in [-0.1, -0.05) is 6.07 Å². The lowest BCUT2D eigenvalue weighted by molar-refractivity contribution is -0.142. The highest BCUT2D eigenvalue weighted by Gasteiger charge is 2.36. The number of nitrogens with one attached hydrogen (secondary N) is 1. The number of halogens is 6. The van der Waals surface area contributed by atoms with E-state index in [4.69, 9.17) is 0 Å². The second kappa shape index (κ2) is 7.58. The molecule has 0 aliphatic rings. The highest BCUT2D eigenvalue weighted by Crippen LogP contribution is 2.33. The minimum absolute atomic E-state index is 0.0729. The minimum atomic E-state index is -4.74. The number of rotatable bonds is 4. The summed E-state index contributed by atoms with van der Waals surface area (Å²) in [5, 5.41) is 6.05. The fourth-order valence-electron chi connectivity index (χ4n) is 2.58. The number of aromatic nitrogens is 3. The van der Waals surface area contributed by atoms with Crippen molar-refractivity contribution in [2.24, 2.45) is 0 Å². The zero-order valence-corrected chi connectivity index (χ0v) is 16.4. The van der Waals surface area contributed by atoms with E-state index < -0.39 is 30.1 Å². The van der Waals surface area contributed by atoms with Gasteiger partial charge in [-0.05, 0) is 53.5 Å². The minimum Gasteiger partial charge on any atom is -0.433 e. The molecule has 0 saturated heterocycles. The molecule has 29 heavy (non-hydrogen) atoms. The van der Waals surface area contributed by atoms with E-state index in [2.05, 4.69) is 36.1 Å². The zero-order chi connectivity index (χ0) is 21.5. The summed E-state index contributed by atoms with van der Waals surface area (Å²) < 4.78 is 69.9. The quantitative estimate of drug-likeness (QED) is 0.537. The van der Waals surface area contributed by atoms with Crippen LogP contribution in [0.15, 0.2) is 28.7 Å². The van der Waals surface area contributed by atoms with Crippen molar-refractivity contribution in [3.63, 3.8) is 0 Å². The van der Waals surface area contributed by atoms with Crippen LogP contribution < -0.4 is 10.1 Å². The van der Waals surface area contributed by atoms with Crippen molar-refractivity contribution >= 4 is 33.2 Å². The van der Waals surface area contributed by atoms with Crippen LogP contribution in [0.2, 0.25) is 0 Å². The van der Waals surface area contributed by atoms with E-state index >= 15 is 0 Å². The first kappa shape index (κ1) is 21.0. The first-order valence-electron chi connectivity index (χ1n) is 7.97. The van der Waals surface area contributed by atoms with Crippen LogP contribution in [0, 0.1) is 13.8 Å². The van der Waals surface area contributed by atoms with Crippen molar-refractivity contribution in [1.29, 1.82) is 0 Å². The summed E-state index contributed by atoms with van der Waals surface area (Å²) in [6.07, 6.45) is -4.74. The molecule has 2 aromatic heterocycles. The maximum Gasteiger partial charge on any atom is 0.433 e. The Morgan fingerprint density at radius 3 is 2.55 bits per heavy atom. The lowest BCUT2D eigenvalue weighted by Crippen LogP contribution is -2.16. The van der Waals surface area contributed by atoms with E-state index in [1.54, 1.807) is 6.92 Å². The topological polar surface area (TPSA) is 68.5 Å². The molecule has 0 atom stereocenters. The molecule has 0 bridgehead atoms. The number of aryl methyl sites for hydroxylation is 2. The average molecular weight is 479 g/mol. The van der Waals surface area contributed by atoms with Crippen molar-refractivity contribution in [3.05, 3.63) is 51.4 Å². The summed E-state index contributed by atoms with van der Waals surface area (Å²) in [6.45, 7) is -0.100. The van der Waals surface area contributed by atoms with Crippen LogP contribution in [-0.2, 0) is 6.18 Å². The van der Waals surface area contributed by atoms with Gasteiger partial charge in [-0.3, -0.25) is 4.79 Å². The summed E-state index contributed by atoms with van der Waals surface area (Å²) in [5.41, 5.74) is -1.11. The van der Waals surface area contributed by atoms with E-state index in [0.717, 1.165) is 6.07 Å². The molecule has 6 nitrogen and oxygen atoms in total. The van der Waals surface area contributed by atoms with Crippen molar-refractivity contribution in [1.82, 2.24) is 14.6 Å². The predicted octanol–water partition coefficient (Wildman–Crippen LogP) is 4.98. The molecule has 3 rings (SSSR count). The predicted molar refractivity (Wildman–Crippen MR) is 96.2 cm³/mol. The maximum atomic E-state index is 13.3. The van der Waals surface area contributed by atoms with Crippen LogP contribution in [0.1, 0.15) is 27.4 Å². The van der Waals surface area contributed by atoms with Crippen molar-refractivity contribution in [2.45, 2.75) is 26.6 Å². The van der Waals surface area contributed by atoms with Gasteiger partial charge in [0.15, 0.2) is 11.3 Å². The van der Waals surface area contributed by atoms with E-state index in [-0.39, 0.29) is 27.3 Å². The summed E-state index contributed by atoms with van der Waals surface area (Å²) in [6, 6.07) is 4.91. The normalized spacial score (nSPS) is 11.9. The number of alkyl halides is 5. The molecular weight excluding hydrogens is 467 g/mol.